The minimum absolute atomic E-state index is 0.0933. The monoisotopic (exact) mass is 291 g/mol. The number of amides is 3. The Bertz CT molecular complexity index is 546. The van der Waals surface area contributed by atoms with Gasteiger partial charge in [0.15, 0.2) is 0 Å². The van der Waals surface area contributed by atoms with Gasteiger partial charge in [0, 0.05) is 25.0 Å². The Kier molecular flexibility index (Phi) is 3.77. The Morgan fingerprint density at radius 3 is 2.86 bits per heavy atom. The van der Waals surface area contributed by atoms with E-state index < -0.39 is 0 Å². The molecule has 0 radical (unpaired) electrons. The Morgan fingerprint density at radius 2 is 2.14 bits per heavy atom. The number of nitrogens with zero attached hydrogens (tertiary/aromatic N) is 1. The molecule has 5 nitrogen and oxygen atoms in total. The molecule has 0 aromatic heterocycles. The fourth-order valence-corrected chi connectivity index (χ4v) is 2.69. The molecule has 3 rings (SSSR count). The van der Waals surface area contributed by atoms with E-state index >= 15 is 0 Å². The molecule has 6 heteroatoms. The third-order valence-corrected chi connectivity index (χ3v) is 3.94. The van der Waals surface area contributed by atoms with Crippen molar-refractivity contribution in [1.82, 2.24) is 15.5 Å². The molecule has 2 atom stereocenters. The van der Waals surface area contributed by atoms with Gasteiger partial charge in [-0.3, -0.25) is 4.79 Å². The number of carbonyl (C=O) groups excluding carboxylic acids is 2. The fourth-order valence-electron chi connectivity index (χ4n) is 2.69. The molecule has 1 saturated carbocycles. The molecule has 3 amide bonds. The zero-order valence-electron chi connectivity index (χ0n) is 11.6. The first-order chi connectivity index (χ1) is 10.1. The van der Waals surface area contributed by atoms with Crippen LogP contribution in [0.4, 0.5) is 9.18 Å². The summed E-state index contributed by atoms with van der Waals surface area (Å²) in [6.45, 7) is 1.38. The quantitative estimate of drug-likeness (QED) is 0.876. The summed E-state index contributed by atoms with van der Waals surface area (Å²) in [4.78, 5) is 25.0. The van der Waals surface area contributed by atoms with Gasteiger partial charge in [-0.15, -0.1) is 0 Å². The van der Waals surface area contributed by atoms with Crippen LogP contribution in [-0.4, -0.2) is 42.5 Å². The molecule has 2 aliphatic rings. The van der Waals surface area contributed by atoms with Crippen molar-refractivity contribution in [1.29, 1.82) is 0 Å². The first kappa shape index (κ1) is 13.9. The third kappa shape index (κ3) is 3.32. The first-order valence-corrected chi connectivity index (χ1v) is 7.21. The highest BCUT2D eigenvalue weighted by atomic mass is 19.1. The molecule has 1 aliphatic carbocycles. The average molecular weight is 291 g/mol. The van der Waals surface area contributed by atoms with E-state index in [1.807, 2.05) is 0 Å². The van der Waals surface area contributed by atoms with E-state index in [4.69, 9.17) is 0 Å². The van der Waals surface area contributed by atoms with Gasteiger partial charge in [-0.2, -0.15) is 0 Å². The molecule has 0 bridgehead atoms. The Hall–Kier alpha value is -2.11. The number of halogens is 1. The highest BCUT2D eigenvalue weighted by molar-refractivity contribution is 5.84. The van der Waals surface area contributed by atoms with Crippen LogP contribution in [0.15, 0.2) is 24.3 Å². The molecule has 21 heavy (non-hydrogen) atoms. The van der Waals surface area contributed by atoms with Crippen LogP contribution in [0.2, 0.25) is 0 Å². The molecule has 112 valence electrons. The molecular formula is C15H18FN3O2. The Balaban J connectivity index is 1.48. The molecule has 1 aromatic rings. The summed E-state index contributed by atoms with van der Waals surface area (Å²) in [6, 6.07) is 6.29. The van der Waals surface area contributed by atoms with Crippen LogP contribution in [0.5, 0.6) is 0 Å². The van der Waals surface area contributed by atoms with Crippen molar-refractivity contribution < 1.29 is 14.0 Å². The van der Waals surface area contributed by atoms with Crippen molar-refractivity contribution >= 4 is 11.9 Å². The summed E-state index contributed by atoms with van der Waals surface area (Å²) in [7, 11) is 0. The SMILES string of the molecule is O=C(CN1CCCNC1=O)N[C@@H]1C[C@H]1c1ccc(F)cc1. The van der Waals surface area contributed by atoms with Gasteiger partial charge < -0.3 is 15.5 Å². The number of rotatable bonds is 4. The van der Waals surface area contributed by atoms with Crippen LogP contribution in [0.25, 0.3) is 0 Å². The normalized spacial score (nSPS) is 24.4. The highest BCUT2D eigenvalue weighted by Crippen LogP contribution is 2.40. The minimum Gasteiger partial charge on any atom is -0.351 e. The number of hydrogen-bond donors (Lipinski definition) is 2. The van der Waals surface area contributed by atoms with Crippen LogP contribution >= 0.6 is 0 Å². The average Bonchev–Trinajstić information content (AvgIpc) is 3.21. The lowest BCUT2D eigenvalue weighted by atomic mass is 10.1. The van der Waals surface area contributed by atoms with Crippen LogP contribution < -0.4 is 10.6 Å². The second kappa shape index (κ2) is 5.71. The van der Waals surface area contributed by atoms with Crippen LogP contribution in [0.1, 0.15) is 24.3 Å². The molecule has 1 aromatic carbocycles. The molecule has 2 N–H and O–H groups in total. The van der Waals surface area contributed by atoms with Crippen molar-refractivity contribution in [3.63, 3.8) is 0 Å². The number of urea groups is 1. The van der Waals surface area contributed by atoms with Crippen LogP contribution in [0, 0.1) is 5.82 Å². The summed E-state index contributed by atoms with van der Waals surface area (Å²) < 4.78 is 12.9. The van der Waals surface area contributed by atoms with E-state index in [2.05, 4.69) is 10.6 Å². The van der Waals surface area contributed by atoms with E-state index in [0.29, 0.717) is 13.1 Å². The largest absolute Gasteiger partial charge is 0.351 e. The third-order valence-electron chi connectivity index (χ3n) is 3.94. The van der Waals surface area contributed by atoms with E-state index in [9.17, 15) is 14.0 Å². The summed E-state index contributed by atoms with van der Waals surface area (Å²) in [5.41, 5.74) is 1.04. The second-order valence-electron chi connectivity index (χ2n) is 5.57. The molecular weight excluding hydrogens is 273 g/mol. The van der Waals surface area contributed by atoms with E-state index in [1.165, 1.54) is 17.0 Å². The molecule has 2 fully saturated rings. The number of nitrogens with one attached hydrogen (secondary N) is 2. The van der Waals surface area contributed by atoms with Gasteiger partial charge >= 0.3 is 6.03 Å². The number of benzene rings is 1. The molecule has 0 spiro atoms. The summed E-state index contributed by atoms with van der Waals surface area (Å²) in [5, 5.41) is 5.65. The lowest BCUT2D eigenvalue weighted by Crippen LogP contribution is -2.50. The predicted molar refractivity (Wildman–Crippen MR) is 75.3 cm³/mol. The minimum atomic E-state index is -0.254. The van der Waals surface area contributed by atoms with Crippen LogP contribution in [-0.2, 0) is 4.79 Å². The van der Waals surface area contributed by atoms with Crippen molar-refractivity contribution in [3.05, 3.63) is 35.6 Å². The molecule has 1 heterocycles. The zero-order valence-corrected chi connectivity index (χ0v) is 11.6. The van der Waals surface area contributed by atoms with E-state index in [-0.39, 0.29) is 36.3 Å². The van der Waals surface area contributed by atoms with E-state index in [0.717, 1.165) is 18.4 Å². The summed E-state index contributed by atoms with van der Waals surface area (Å²) >= 11 is 0. The van der Waals surface area contributed by atoms with Crippen molar-refractivity contribution in [2.75, 3.05) is 19.6 Å². The lowest BCUT2D eigenvalue weighted by molar-refractivity contribution is -0.121. The maximum Gasteiger partial charge on any atom is 0.317 e. The van der Waals surface area contributed by atoms with E-state index in [1.54, 1.807) is 12.1 Å². The summed E-state index contributed by atoms with van der Waals surface area (Å²) in [6.07, 6.45) is 1.73. The Labute approximate surface area is 122 Å². The molecule has 0 unspecified atom stereocenters. The van der Waals surface area contributed by atoms with Gasteiger partial charge in [0.25, 0.3) is 0 Å². The molecule has 1 aliphatic heterocycles. The number of carbonyl (C=O) groups is 2. The standard InChI is InChI=1S/C15H18FN3O2/c16-11-4-2-10(3-5-11)12-8-13(12)18-14(20)9-19-7-1-6-17-15(19)21/h2-5,12-13H,1,6-9H2,(H,17,21)(H,18,20)/t12-,13+/m0/s1. The van der Waals surface area contributed by atoms with Gasteiger partial charge in [-0.25, -0.2) is 9.18 Å². The van der Waals surface area contributed by atoms with Gasteiger partial charge in [-0.1, -0.05) is 12.1 Å². The van der Waals surface area contributed by atoms with Gasteiger partial charge in [-0.05, 0) is 30.5 Å². The zero-order chi connectivity index (χ0) is 14.8. The van der Waals surface area contributed by atoms with Gasteiger partial charge in [0.1, 0.15) is 12.4 Å². The maximum atomic E-state index is 12.9. The summed E-state index contributed by atoms with van der Waals surface area (Å²) in [5.74, 6) is -0.137. The highest BCUT2D eigenvalue weighted by Gasteiger charge is 2.39. The lowest BCUT2D eigenvalue weighted by Gasteiger charge is -2.26. The van der Waals surface area contributed by atoms with Crippen molar-refractivity contribution in [3.8, 4) is 0 Å². The van der Waals surface area contributed by atoms with Gasteiger partial charge in [0.05, 0.1) is 0 Å². The first-order valence-electron chi connectivity index (χ1n) is 7.21. The van der Waals surface area contributed by atoms with Crippen LogP contribution in [0.3, 0.4) is 0 Å². The fraction of sp³-hybridized carbons (Fsp3) is 0.467. The second-order valence-corrected chi connectivity index (χ2v) is 5.57. The topological polar surface area (TPSA) is 61.4 Å². The molecule has 1 saturated heterocycles. The smallest absolute Gasteiger partial charge is 0.317 e. The number of hydrogen-bond acceptors (Lipinski definition) is 2. The maximum absolute atomic E-state index is 12.9. The van der Waals surface area contributed by atoms with Gasteiger partial charge in [0.2, 0.25) is 5.91 Å². The van der Waals surface area contributed by atoms with Crippen molar-refractivity contribution in [2.45, 2.75) is 24.8 Å². The predicted octanol–water partition coefficient (Wildman–Crippen LogP) is 1.21. The van der Waals surface area contributed by atoms with Crippen molar-refractivity contribution in [2.24, 2.45) is 0 Å². The Morgan fingerprint density at radius 1 is 1.38 bits per heavy atom.